The monoisotopic (exact) mass is 1050 g/mol. The maximum atomic E-state index is 13.5. The Balaban J connectivity index is 5.26. The molecule has 0 saturated heterocycles. The summed E-state index contributed by atoms with van der Waals surface area (Å²) >= 11 is 0. The van der Waals surface area contributed by atoms with Crippen LogP contribution in [-0.2, 0) is 27.9 Å². The van der Waals surface area contributed by atoms with Crippen LogP contribution < -0.4 is 10.2 Å². The zero-order chi connectivity index (χ0) is 53.6. The zero-order valence-electron chi connectivity index (χ0n) is 49.1. The fraction of sp³-hybridized carbons (Fsp3) is 0.873. The number of phosphoric ester groups is 1. The van der Waals surface area contributed by atoms with Crippen molar-refractivity contribution in [3.05, 3.63) is 36.5 Å². The molecule has 0 radical (unpaired) electrons. The molecular weight excluding hydrogens is 928 g/mol. The number of quaternary nitrogens is 1. The second-order valence-electron chi connectivity index (χ2n) is 22.6. The Labute approximate surface area is 453 Å². The van der Waals surface area contributed by atoms with E-state index in [1.165, 1.54) is 199 Å². The zero-order valence-corrected chi connectivity index (χ0v) is 50.0. The molecule has 0 fully saturated rings. The molecule has 0 spiro atoms. The van der Waals surface area contributed by atoms with E-state index in [4.69, 9.17) is 13.8 Å². The van der Waals surface area contributed by atoms with Crippen LogP contribution in [0, 0.1) is 0 Å². The van der Waals surface area contributed by atoms with Gasteiger partial charge in [-0.05, 0) is 57.4 Å². The topological polar surface area (TPSA) is 114 Å². The Hall–Kier alpha value is -1.77. The van der Waals surface area contributed by atoms with Crippen molar-refractivity contribution in [1.29, 1.82) is 0 Å². The van der Waals surface area contributed by atoms with Crippen molar-refractivity contribution in [1.82, 2.24) is 5.32 Å². The van der Waals surface area contributed by atoms with E-state index in [0.29, 0.717) is 17.4 Å². The van der Waals surface area contributed by atoms with Crippen LogP contribution in [0.2, 0.25) is 0 Å². The van der Waals surface area contributed by atoms with E-state index < -0.39 is 26.6 Å². The number of hydrogen-bond acceptors (Lipinski definition) is 7. The Kier molecular flexibility index (Phi) is 52.3. The Morgan fingerprint density at radius 1 is 0.479 bits per heavy atom. The van der Waals surface area contributed by atoms with Crippen molar-refractivity contribution in [2.45, 2.75) is 315 Å². The van der Waals surface area contributed by atoms with Gasteiger partial charge in [0.2, 0.25) is 5.91 Å². The van der Waals surface area contributed by atoms with Gasteiger partial charge in [0.15, 0.2) is 0 Å². The normalized spacial score (nSPS) is 13.9. The number of esters is 1. The van der Waals surface area contributed by atoms with Crippen molar-refractivity contribution in [2.24, 2.45) is 0 Å². The molecule has 0 heterocycles. The predicted octanol–water partition coefficient (Wildman–Crippen LogP) is 18.5. The number of ether oxygens (including phenoxy) is 1. The van der Waals surface area contributed by atoms with E-state index in [-0.39, 0.29) is 31.3 Å². The Bertz CT molecular complexity index is 1350. The van der Waals surface area contributed by atoms with Crippen molar-refractivity contribution in [3.8, 4) is 0 Å². The molecule has 430 valence electrons. The van der Waals surface area contributed by atoms with Crippen LogP contribution >= 0.6 is 7.82 Å². The molecule has 0 aromatic heterocycles. The molecule has 1 amide bonds. The quantitative estimate of drug-likeness (QED) is 0.0161. The molecule has 0 aliphatic heterocycles. The summed E-state index contributed by atoms with van der Waals surface area (Å²) in [6, 6.07) is -0.898. The lowest BCUT2D eigenvalue weighted by molar-refractivity contribution is -0.870. The third kappa shape index (κ3) is 54.8. The summed E-state index contributed by atoms with van der Waals surface area (Å²) in [6.07, 6.45) is 64.0. The van der Waals surface area contributed by atoms with E-state index in [1.807, 2.05) is 33.3 Å². The van der Waals surface area contributed by atoms with Crippen molar-refractivity contribution < 1.29 is 37.3 Å². The molecule has 0 aliphatic carbocycles. The van der Waals surface area contributed by atoms with Crippen LogP contribution in [0.1, 0.15) is 303 Å². The summed E-state index contributed by atoms with van der Waals surface area (Å²) < 4.78 is 30.3. The molecule has 73 heavy (non-hydrogen) atoms. The standard InChI is InChI=1S/C63H121N2O7P/c1-7-10-13-16-19-22-25-28-30-32-33-34-36-38-41-44-47-50-53-56-63(67)72-61(54-51-48-45-42-39-27-24-21-18-15-12-9-3)60(59-71-73(68,69)70-58-57-65(4,5)6)64-62(66)55-52-49-46-43-40-37-35-31-29-26-23-20-17-14-11-8-2/h31,35,37,40,51,54,60-61H,7-30,32-34,36,38-39,41-50,52-53,55-59H2,1-6H3,(H-,64,66,68,69)/b35-31+,40-37+,54-51+. The van der Waals surface area contributed by atoms with E-state index in [2.05, 4.69) is 50.4 Å². The maximum Gasteiger partial charge on any atom is 0.306 e. The molecule has 0 saturated carbocycles. The molecular formula is C63H121N2O7P. The SMILES string of the molecule is CCCCCCCCC/C=C/C=C/CCCCCC(=O)NC(COP(=O)([O-])OCC[N+](C)(C)C)C(/C=C/CCCCCCCCCCCC)OC(=O)CCCCCCCCCCCCCCCCCCCCC. The summed E-state index contributed by atoms with van der Waals surface area (Å²) in [7, 11) is 1.18. The van der Waals surface area contributed by atoms with Crippen LogP contribution in [0.4, 0.5) is 0 Å². The average molecular weight is 1050 g/mol. The van der Waals surface area contributed by atoms with Gasteiger partial charge in [0, 0.05) is 12.8 Å². The van der Waals surface area contributed by atoms with E-state index in [1.54, 1.807) is 0 Å². The molecule has 0 aromatic carbocycles. The minimum absolute atomic E-state index is 0.0252. The maximum absolute atomic E-state index is 13.5. The minimum atomic E-state index is -4.70. The summed E-state index contributed by atoms with van der Waals surface area (Å²) in [5, 5.41) is 3.02. The van der Waals surface area contributed by atoms with Crippen molar-refractivity contribution in [3.63, 3.8) is 0 Å². The van der Waals surface area contributed by atoms with Gasteiger partial charge in [-0.2, -0.15) is 0 Å². The van der Waals surface area contributed by atoms with Gasteiger partial charge >= 0.3 is 5.97 Å². The number of rotatable bonds is 57. The number of carbonyl (C=O) groups is 2. The molecule has 9 nitrogen and oxygen atoms in total. The smallest absolute Gasteiger partial charge is 0.306 e. The van der Waals surface area contributed by atoms with E-state index in [9.17, 15) is 19.0 Å². The fourth-order valence-electron chi connectivity index (χ4n) is 9.22. The number of likely N-dealkylation sites (N-methyl/N-ethyl adjacent to an activating group) is 1. The first kappa shape index (κ1) is 71.2. The van der Waals surface area contributed by atoms with Gasteiger partial charge in [-0.25, -0.2) is 0 Å². The van der Waals surface area contributed by atoms with Crippen LogP contribution in [0.3, 0.4) is 0 Å². The third-order valence-electron chi connectivity index (χ3n) is 14.1. The summed E-state index contributed by atoms with van der Waals surface area (Å²) in [6.45, 7) is 6.85. The van der Waals surface area contributed by atoms with Crippen LogP contribution in [0.5, 0.6) is 0 Å². The lowest BCUT2D eigenvalue weighted by Crippen LogP contribution is -2.47. The minimum Gasteiger partial charge on any atom is -0.756 e. The Morgan fingerprint density at radius 3 is 1.22 bits per heavy atom. The first-order valence-corrected chi connectivity index (χ1v) is 32.8. The molecule has 10 heteroatoms. The number of amides is 1. The van der Waals surface area contributed by atoms with E-state index in [0.717, 1.165) is 64.2 Å². The summed E-state index contributed by atoms with van der Waals surface area (Å²) in [5.41, 5.74) is 0. The van der Waals surface area contributed by atoms with Crippen LogP contribution in [-0.4, -0.2) is 69.4 Å². The lowest BCUT2D eigenvalue weighted by atomic mass is 10.0. The molecule has 0 rings (SSSR count). The fourth-order valence-corrected chi connectivity index (χ4v) is 9.94. The molecule has 0 bridgehead atoms. The van der Waals surface area contributed by atoms with Crippen LogP contribution in [0.25, 0.3) is 0 Å². The predicted molar refractivity (Wildman–Crippen MR) is 312 cm³/mol. The highest BCUT2D eigenvalue weighted by molar-refractivity contribution is 7.45. The second kappa shape index (κ2) is 53.6. The number of hydrogen-bond donors (Lipinski definition) is 1. The molecule has 0 aliphatic rings. The number of carbonyl (C=O) groups excluding carboxylic acids is 2. The molecule has 0 aromatic rings. The number of nitrogens with zero attached hydrogens (tertiary/aromatic N) is 1. The van der Waals surface area contributed by atoms with Crippen molar-refractivity contribution >= 4 is 19.7 Å². The van der Waals surface area contributed by atoms with Gasteiger partial charge in [-0.1, -0.05) is 269 Å². The lowest BCUT2D eigenvalue weighted by Gasteiger charge is -2.30. The average Bonchev–Trinajstić information content (AvgIpc) is 3.35. The number of unbranched alkanes of at least 4 members (excludes halogenated alkanes) is 38. The van der Waals surface area contributed by atoms with Gasteiger partial charge in [-0.15, -0.1) is 0 Å². The highest BCUT2D eigenvalue weighted by Crippen LogP contribution is 2.38. The van der Waals surface area contributed by atoms with Gasteiger partial charge in [0.1, 0.15) is 19.3 Å². The first-order valence-electron chi connectivity index (χ1n) is 31.3. The molecule has 3 unspecified atom stereocenters. The van der Waals surface area contributed by atoms with Gasteiger partial charge in [0.25, 0.3) is 7.82 Å². The number of allylic oxidation sites excluding steroid dienone is 5. The van der Waals surface area contributed by atoms with Gasteiger partial charge in [-0.3, -0.25) is 14.2 Å². The second-order valence-corrected chi connectivity index (χ2v) is 24.0. The van der Waals surface area contributed by atoms with E-state index >= 15 is 0 Å². The molecule has 1 N–H and O–H groups in total. The number of nitrogens with one attached hydrogen (secondary N) is 1. The summed E-state index contributed by atoms with van der Waals surface area (Å²) in [4.78, 5) is 39.9. The Morgan fingerprint density at radius 2 is 0.822 bits per heavy atom. The summed E-state index contributed by atoms with van der Waals surface area (Å²) in [5.74, 6) is -0.558. The highest BCUT2D eigenvalue weighted by atomic mass is 31.2. The third-order valence-corrected chi connectivity index (χ3v) is 15.1. The van der Waals surface area contributed by atoms with Crippen LogP contribution in [0.15, 0.2) is 36.5 Å². The van der Waals surface area contributed by atoms with Crippen molar-refractivity contribution in [2.75, 3.05) is 40.9 Å². The largest absolute Gasteiger partial charge is 0.756 e. The highest BCUT2D eigenvalue weighted by Gasteiger charge is 2.27. The van der Waals surface area contributed by atoms with Gasteiger partial charge < -0.3 is 28.5 Å². The number of phosphoric acid groups is 1. The van der Waals surface area contributed by atoms with Gasteiger partial charge in [0.05, 0.1) is 33.8 Å². The first-order chi connectivity index (χ1) is 35.4. The molecule has 3 atom stereocenters.